The van der Waals surface area contributed by atoms with Crippen molar-refractivity contribution in [3.05, 3.63) is 29.6 Å². The molecule has 0 spiro atoms. The smallest absolute Gasteiger partial charge is 0.0665 e. The first-order valence-corrected chi connectivity index (χ1v) is 7.17. The van der Waals surface area contributed by atoms with Gasteiger partial charge in [-0.15, -0.1) is 11.6 Å². The molecule has 1 atom stereocenters. The zero-order valence-corrected chi connectivity index (χ0v) is 12.5. The predicted octanol–water partition coefficient (Wildman–Crippen LogP) is 4.36. The number of aromatic nitrogens is 2. The third-order valence-corrected chi connectivity index (χ3v) is 3.75. The maximum atomic E-state index is 6.32. The van der Waals surface area contributed by atoms with Crippen molar-refractivity contribution in [2.75, 3.05) is 0 Å². The number of rotatable bonds is 3. The molecule has 0 amide bonds. The molecule has 1 heterocycles. The van der Waals surface area contributed by atoms with Crippen LogP contribution < -0.4 is 0 Å². The van der Waals surface area contributed by atoms with E-state index in [1.165, 1.54) is 5.57 Å². The summed E-state index contributed by atoms with van der Waals surface area (Å²) in [6.07, 6.45) is 7.42. The Labute approximate surface area is 115 Å². The van der Waals surface area contributed by atoms with E-state index in [0.29, 0.717) is 11.5 Å². The molecule has 1 aliphatic rings. The van der Waals surface area contributed by atoms with Crippen molar-refractivity contribution in [1.29, 1.82) is 0 Å². The highest BCUT2D eigenvalue weighted by Gasteiger charge is 2.27. The number of hydrogen-bond donors (Lipinski definition) is 0. The summed E-state index contributed by atoms with van der Waals surface area (Å²) in [4.78, 5) is 0. The number of allylic oxidation sites excluding steroid dienone is 2. The molecule has 1 aromatic heterocycles. The summed E-state index contributed by atoms with van der Waals surface area (Å²) >= 11 is 6.32. The number of halogens is 1. The van der Waals surface area contributed by atoms with Crippen LogP contribution in [0.1, 0.15) is 52.3 Å². The lowest BCUT2D eigenvalue weighted by molar-refractivity contribution is 0.320. The zero-order chi connectivity index (χ0) is 13.3. The van der Waals surface area contributed by atoms with Gasteiger partial charge in [0, 0.05) is 18.7 Å². The average Bonchev–Trinajstić information content (AvgIpc) is 2.62. The Bertz CT molecular complexity index is 443. The fourth-order valence-electron chi connectivity index (χ4n) is 2.70. The fraction of sp³-hybridized carbons (Fsp3) is 0.667. The van der Waals surface area contributed by atoms with Crippen molar-refractivity contribution in [3.8, 4) is 0 Å². The van der Waals surface area contributed by atoms with Gasteiger partial charge in [-0.1, -0.05) is 25.5 Å². The Balaban J connectivity index is 2.08. The van der Waals surface area contributed by atoms with E-state index >= 15 is 0 Å². The van der Waals surface area contributed by atoms with Gasteiger partial charge in [-0.25, -0.2) is 0 Å². The molecule has 3 heteroatoms. The van der Waals surface area contributed by atoms with Gasteiger partial charge in [0.1, 0.15) is 0 Å². The topological polar surface area (TPSA) is 17.8 Å². The maximum Gasteiger partial charge on any atom is 0.0665 e. The molecule has 18 heavy (non-hydrogen) atoms. The van der Waals surface area contributed by atoms with Crippen LogP contribution in [0.3, 0.4) is 0 Å². The summed E-state index contributed by atoms with van der Waals surface area (Å²) in [5.74, 6) is 0. The lowest BCUT2D eigenvalue weighted by Crippen LogP contribution is -2.23. The van der Waals surface area contributed by atoms with Crippen molar-refractivity contribution >= 4 is 11.6 Å². The Morgan fingerprint density at radius 3 is 2.78 bits per heavy atom. The Morgan fingerprint density at radius 1 is 1.50 bits per heavy atom. The van der Waals surface area contributed by atoms with Gasteiger partial charge in [0.15, 0.2) is 0 Å². The third kappa shape index (κ3) is 3.38. The molecular weight excluding hydrogens is 244 g/mol. The van der Waals surface area contributed by atoms with Crippen molar-refractivity contribution in [3.63, 3.8) is 0 Å². The van der Waals surface area contributed by atoms with E-state index in [-0.39, 0.29) is 5.38 Å². The summed E-state index contributed by atoms with van der Waals surface area (Å²) in [5.41, 5.74) is 2.90. The van der Waals surface area contributed by atoms with Gasteiger partial charge in [0.05, 0.1) is 11.1 Å². The van der Waals surface area contributed by atoms with Gasteiger partial charge in [0.25, 0.3) is 0 Å². The van der Waals surface area contributed by atoms with Crippen LogP contribution in [-0.4, -0.2) is 15.2 Å². The van der Waals surface area contributed by atoms with Crippen molar-refractivity contribution in [2.45, 2.75) is 58.4 Å². The second-order valence-corrected chi connectivity index (χ2v) is 7.00. The molecule has 0 saturated carbocycles. The highest BCUT2D eigenvalue weighted by molar-refractivity contribution is 6.21. The van der Waals surface area contributed by atoms with Crippen LogP contribution in [0.25, 0.3) is 0 Å². The monoisotopic (exact) mass is 266 g/mol. The summed E-state index contributed by atoms with van der Waals surface area (Å²) in [7, 11) is 0. The normalized spacial score (nSPS) is 23.2. The van der Waals surface area contributed by atoms with E-state index in [9.17, 15) is 0 Å². The molecule has 0 saturated heterocycles. The second-order valence-electron chi connectivity index (χ2n) is 6.44. The summed E-state index contributed by atoms with van der Waals surface area (Å²) in [6, 6.07) is 2.54. The van der Waals surface area contributed by atoms with Crippen LogP contribution in [0.15, 0.2) is 23.9 Å². The fourth-order valence-corrected chi connectivity index (χ4v) is 3.30. The van der Waals surface area contributed by atoms with Crippen LogP contribution in [0.4, 0.5) is 0 Å². The summed E-state index contributed by atoms with van der Waals surface area (Å²) in [6.45, 7) is 8.88. The molecule has 0 aliphatic heterocycles. The molecule has 0 fully saturated rings. The van der Waals surface area contributed by atoms with Crippen molar-refractivity contribution in [1.82, 2.24) is 9.78 Å². The van der Waals surface area contributed by atoms with E-state index in [2.05, 4.69) is 51.1 Å². The predicted molar refractivity (Wildman–Crippen MR) is 77.1 cm³/mol. The van der Waals surface area contributed by atoms with Crippen LogP contribution in [0.2, 0.25) is 0 Å². The first kappa shape index (κ1) is 13.7. The standard InChI is InChI=1S/C15H23ClN2/c1-11(2)18-6-5-14(17-18)8-12-7-13(16)10-15(3,4)9-12/h5-7,11,13H,8-10H2,1-4H3. The molecule has 1 aromatic rings. The van der Waals surface area contributed by atoms with Gasteiger partial charge in [-0.2, -0.15) is 5.10 Å². The molecule has 1 aliphatic carbocycles. The van der Waals surface area contributed by atoms with Gasteiger partial charge in [-0.05, 0) is 38.2 Å². The average molecular weight is 267 g/mol. The van der Waals surface area contributed by atoms with Gasteiger partial charge in [0.2, 0.25) is 0 Å². The first-order valence-electron chi connectivity index (χ1n) is 6.73. The Kier molecular flexibility index (Phi) is 3.86. The Hall–Kier alpha value is -0.760. The molecule has 2 rings (SSSR count). The van der Waals surface area contributed by atoms with Gasteiger partial charge < -0.3 is 0 Å². The summed E-state index contributed by atoms with van der Waals surface area (Å²) in [5, 5.41) is 4.79. The minimum absolute atomic E-state index is 0.177. The van der Waals surface area contributed by atoms with E-state index in [1.54, 1.807) is 0 Å². The molecule has 0 aromatic carbocycles. The molecule has 0 N–H and O–H groups in total. The Morgan fingerprint density at radius 2 is 2.22 bits per heavy atom. The lowest BCUT2D eigenvalue weighted by atomic mass is 9.76. The molecular formula is C15H23ClN2. The summed E-state index contributed by atoms with van der Waals surface area (Å²) < 4.78 is 2.02. The quantitative estimate of drug-likeness (QED) is 0.587. The first-order chi connectivity index (χ1) is 8.35. The minimum atomic E-state index is 0.177. The maximum absolute atomic E-state index is 6.32. The van der Waals surface area contributed by atoms with Crippen molar-refractivity contribution < 1.29 is 0 Å². The zero-order valence-electron chi connectivity index (χ0n) is 11.8. The molecule has 1 unspecified atom stereocenters. The molecule has 100 valence electrons. The van der Waals surface area contributed by atoms with E-state index in [4.69, 9.17) is 11.6 Å². The highest BCUT2D eigenvalue weighted by Crippen LogP contribution is 2.38. The second kappa shape index (κ2) is 5.08. The number of nitrogens with zero attached hydrogens (tertiary/aromatic N) is 2. The van der Waals surface area contributed by atoms with Crippen LogP contribution in [0.5, 0.6) is 0 Å². The van der Waals surface area contributed by atoms with E-state index < -0.39 is 0 Å². The third-order valence-electron chi connectivity index (χ3n) is 3.47. The largest absolute Gasteiger partial charge is 0.270 e. The van der Waals surface area contributed by atoms with E-state index in [1.807, 2.05) is 4.68 Å². The van der Waals surface area contributed by atoms with Gasteiger partial charge in [-0.3, -0.25) is 4.68 Å². The number of alkyl halides is 1. The number of hydrogen-bond acceptors (Lipinski definition) is 1. The SMILES string of the molecule is CC(C)n1ccc(CC2=CC(Cl)CC(C)(C)C2)n1. The molecule has 0 bridgehead atoms. The van der Waals surface area contributed by atoms with Gasteiger partial charge >= 0.3 is 0 Å². The van der Waals surface area contributed by atoms with Crippen LogP contribution in [0, 0.1) is 5.41 Å². The van der Waals surface area contributed by atoms with Crippen LogP contribution >= 0.6 is 11.6 Å². The van der Waals surface area contributed by atoms with Crippen molar-refractivity contribution in [2.24, 2.45) is 5.41 Å². The van der Waals surface area contributed by atoms with Crippen LogP contribution in [-0.2, 0) is 6.42 Å². The molecule has 2 nitrogen and oxygen atoms in total. The minimum Gasteiger partial charge on any atom is -0.270 e. The lowest BCUT2D eigenvalue weighted by Gasteiger charge is -2.32. The highest BCUT2D eigenvalue weighted by atomic mass is 35.5. The molecule has 0 radical (unpaired) electrons. The van der Waals surface area contributed by atoms with E-state index in [0.717, 1.165) is 25.0 Å².